The van der Waals surface area contributed by atoms with Crippen molar-refractivity contribution in [3.8, 4) is 22.9 Å². The number of ether oxygens (including phenoxy) is 2. The zero-order chi connectivity index (χ0) is 22.7. The standard InChI is InChI=1S/C24H24N4O4/c1-5-13-28-15(2)20(21(25-24(28)29)16-9-7-6-8-10-16)23-26-22(27-32-23)17-11-12-18(30-3)19(14-17)31-4/h5-12,14,21H,1,13H2,2-4H3,(H,25,29). The van der Waals surface area contributed by atoms with E-state index in [0.29, 0.717) is 29.8 Å². The van der Waals surface area contributed by atoms with E-state index >= 15 is 0 Å². The predicted octanol–water partition coefficient (Wildman–Crippen LogP) is 4.44. The number of carbonyl (C=O) groups is 1. The van der Waals surface area contributed by atoms with E-state index in [4.69, 9.17) is 14.0 Å². The molecule has 0 saturated carbocycles. The summed E-state index contributed by atoms with van der Waals surface area (Å²) in [7, 11) is 3.15. The average molecular weight is 432 g/mol. The van der Waals surface area contributed by atoms with Gasteiger partial charge in [0.25, 0.3) is 5.89 Å². The third-order valence-electron chi connectivity index (χ3n) is 5.34. The lowest BCUT2D eigenvalue weighted by molar-refractivity contribution is 0.209. The Morgan fingerprint density at radius 3 is 2.59 bits per heavy atom. The molecule has 1 atom stereocenters. The summed E-state index contributed by atoms with van der Waals surface area (Å²) in [4.78, 5) is 19.0. The van der Waals surface area contributed by atoms with Crippen molar-refractivity contribution in [2.75, 3.05) is 20.8 Å². The number of methoxy groups -OCH3 is 2. The van der Waals surface area contributed by atoms with E-state index in [1.54, 1.807) is 37.3 Å². The third kappa shape index (κ3) is 3.82. The second-order valence-electron chi connectivity index (χ2n) is 7.18. The smallest absolute Gasteiger partial charge is 0.322 e. The monoisotopic (exact) mass is 432 g/mol. The van der Waals surface area contributed by atoms with Gasteiger partial charge in [-0.25, -0.2) is 4.79 Å². The minimum absolute atomic E-state index is 0.209. The quantitative estimate of drug-likeness (QED) is 0.555. The average Bonchev–Trinajstić information content (AvgIpc) is 3.31. The van der Waals surface area contributed by atoms with E-state index < -0.39 is 6.04 Å². The molecule has 0 fully saturated rings. The second kappa shape index (κ2) is 8.97. The van der Waals surface area contributed by atoms with Gasteiger partial charge in [-0.15, -0.1) is 6.58 Å². The van der Waals surface area contributed by atoms with Gasteiger partial charge in [-0.1, -0.05) is 41.6 Å². The first kappa shape index (κ1) is 21.2. The molecule has 8 nitrogen and oxygen atoms in total. The van der Waals surface area contributed by atoms with Gasteiger partial charge in [0.2, 0.25) is 5.82 Å². The lowest BCUT2D eigenvalue weighted by atomic mass is 9.95. The van der Waals surface area contributed by atoms with Crippen molar-refractivity contribution >= 4 is 11.6 Å². The molecular weight excluding hydrogens is 408 g/mol. The summed E-state index contributed by atoms with van der Waals surface area (Å²) in [6.45, 7) is 5.98. The van der Waals surface area contributed by atoms with Crippen molar-refractivity contribution < 1.29 is 18.8 Å². The lowest BCUT2D eigenvalue weighted by Gasteiger charge is -2.34. The number of allylic oxidation sites excluding steroid dienone is 1. The molecule has 1 unspecified atom stereocenters. The van der Waals surface area contributed by atoms with Gasteiger partial charge in [0, 0.05) is 17.8 Å². The maximum atomic E-state index is 12.8. The van der Waals surface area contributed by atoms with Crippen molar-refractivity contribution in [3.05, 3.63) is 78.3 Å². The summed E-state index contributed by atoms with van der Waals surface area (Å²) >= 11 is 0. The first-order chi connectivity index (χ1) is 15.6. The van der Waals surface area contributed by atoms with Crippen molar-refractivity contribution in [2.24, 2.45) is 0 Å². The minimum atomic E-state index is -0.427. The summed E-state index contributed by atoms with van der Waals surface area (Å²) < 4.78 is 16.4. The SMILES string of the molecule is C=CCN1C(=O)NC(c2ccccc2)C(c2nc(-c3ccc(OC)c(OC)c3)no2)=C1C. The molecule has 4 rings (SSSR count). The van der Waals surface area contributed by atoms with Crippen molar-refractivity contribution in [1.82, 2.24) is 20.4 Å². The fourth-order valence-electron chi connectivity index (χ4n) is 3.73. The van der Waals surface area contributed by atoms with Crippen LogP contribution in [0.15, 0.2) is 71.4 Å². The molecule has 0 aliphatic carbocycles. The van der Waals surface area contributed by atoms with Gasteiger partial charge in [0.15, 0.2) is 11.5 Å². The van der Waals surface area contributed by atoms with Crippen LogP contribution in [0, 0.1) is 0 Å². The highest BCUT2D eigenvalue weighted by molar-refractivity contribution is 5.87. The highest BCUT2D eigenvalue weighted by Gasteiger charge is 2.35. The molecule has 1 aromatic heterocycles. The van der Waals surface area contributed by atoms with Crippen LogP contribution in [0.2, 0.25) is 0 Å². The number of benzene rings is 2. The van der Waals surface area contributed by atoms with E-state index in [2.05, 4.69) is 22.0 Å². The fraction of sp³-hybridized carbons (Fsp3) is 0.208. The van der Waals surface area contributed by atoms with Gasteiger partial charge in [-0.2, -0.15) is 4.98 Å². The van der Waals surface area contributed by atoms with Gasteiger partial charge in [-0.05, 0) is 30.7 Å². The van der Waals surface area contributed by atoms with E-state index in [-0.39, 0.29) is 6.03 Å². The van der Waals surface area contributed by atoms with Crippen LogP contribution in [0.5, 0.6) is 11.5 Å². The normalized spacial score (nSPS) is 16.0. The van der Waals surface area contributed by atoms with Crippen LogP contribution in [0.25, 0.3) is 17.0 Å². The Hall–Kier alpha value is -4.07. The topological polar surface area (TPSA) is 89.7 Å². The molecule has 164 valence electrons. The molecule has 1 N–H and O–H groups in total. The van der Waals surface area contributed by atoms with Crippen LogP contribution < -0.4 is 14.8 Å². The molecular formula is C24H24N4O4. The number of hydrogen-bond acceptors (Lipinski definition) is 6. The molecule has 32 heavy (non-hydrogen) atoms. The minimum Gasteiger partial charge on any atom is -0.493 e. The van der Waals surface area contributed by atoms with Gasteiger partial charge in [0.05, 0.1) is 25.8 Å². The van der Waals surface area contributed by atoms with Crippen molar-refractivity contribution in [2.45, 2.75) is 13.0 Å². The van der Waals surface area contributed by atoms with Crippen LogP contribution in [0.1, 0.15) is 24.4 Å². The number of hydrogen-bond donors (Lipinski definition) is 1. The zero-order valence-corrected chi connectivity index (χ0v) is 18.2. The second-order valence-corrected chi connectivity index (χ2v) is 7.18. The van der Waals surface area contributed by atoms with Gasteiger partial charge >= 0.3 is 6.03 Å². The summed E-state index contributed by atoms with van der Waals surface area (Å²) in [6, 6.07) is 14.4. The van der Waals surface area contributed by atoms with Crippen LogP contribution in [-0.2, 0) is 0 Å². The van der Waals surface area contributed by atoms with E-state index in [0.717, 1.165) is 22.4 Å². The Labute approximate surface area is 186 Å². The van der Waals surface area contributed by atoms with E-state index in [1.807, 2.05) is 43.3 Å². The molecule has 8 heteroatoms. The molecule has 2 aromatic carbocycles. The lowest BCUT2D eigenvalue weighted by Crippen LogP contribution is -2.46. The molecule has 3 aromatic rings. The number of aromatic nitrogens is 2. The summed E-state index contributed by atoms with van der Waals surface area (Å²) in [5.74, 6) is 1.91. The zero-order valence-electron chi connectivity index (χ0n) is 18.2. The number of amides is 2. The maximum absolute atomic E-state index is 12.8. The van der Waals surface area contributed by atoms with Crippen molar-refractivity contribution in [1.29, 1.82) is 0 Å². The Morgan fingerprint density at radius 2 is 1.91 bits per heavy atom. The molecule has 2 heterocycles. The maximum Gasteiger partial charge on any atom is 0.322 e. The molecule has 0 saturated heterocycles. The molecule has 1 aliphatic heterocycles. The molecule has 2 amide bonds. The first-order valence-corrected chi connectivity index (χ1v) is 10.1. The Balaban J connectivity index is 1.80. The van der Waals surface area contributed by atoms with Gasteiger partial charge < -0.3 is 19.3 Å². The third-order valence-corrected chi connectivity index (χ3v) is 5.34. The Morgan fingerprint density at radius 1 is 1.16 bits per heavy atom. The Kier molecular flexibility index (Phi) is 5.93. The van der Waals surface area contributed by atoms with E-state index in [9.17, 15) is 4.79 Å². The van der Waals surface area contributed by atoms with Crippen LogP contribution in [0.3, 0.4) is 0 Å². The number of carbonyl (C=O) groups excluding carboxylic acids is 1. The van der Waals surface area contributed by atoms with Crippen LogP contribution >= 0.6 is 0 Å². The highest BCUT2D eigenvalue weighted by atomic mass is 16.5. The van der Waals surface area contributed by atoms with Crippen LogP contribution in [-0.4, -0.2) is 41.8 Å². The first-order valence-electron chi connectivity index (χ1n) is 10.1. The number of nitrogens with one attached hydrogen (secondary N) is 1. The largest absolute Gasteiger partial charge is 0.493 e. The fourth-order valence-corrected chi connectivity index (χ4v) is 3.73. The van der Waals surface area contributed by atoms with Gasteiger partial charge in [0.1, 0.15) is 0 Å². The molecule has 0 radical (unpaired) electrons. The van der Waals surface area contributed by atoms with Crippen molar-refractivity contribution in [3.63, 3.8) is 0 Å². The van der Waals surface area contributed by atoms with E-state index in [1.165, 1.54) is 0 Å². The number of nitrogens with zero attached hydrogens (tertiary/aromatic N) is 3. The van der Waals surface area contributed by atoms with Crippen LogP contribution in [0.4, 0.5) is 4.79 Å². The Bertz CT molecular complexity index is 1170. The summed E-state index contributed by atoms with van der Waals surface area (Å²) in [6.07, 6.45) is 1.67. The molecule has 1 aliphatic rings. The highest BCUT2D eigenvalue weighted by Crippen LogP contribution is 2.38. The number of rotatable bonds is 7. The summed E-state index contributed by atoms with van der Waals surface area (Å²) in [5.41, 5.74) is 3.09. The predicted molar refractivity (Wildman–Crippen MR) is 120 cm³/mol. The summed E-state index contributed by atoms with van der Waals surface area (Å²) in [5, 5.41) is 7.22. The number of urea groups is 1. The van der Waals surface area contributed by atoms with Gasteiger partial charge in [-0.3, -0.25) is 4.90 Å². The molecule has 0 bridgehead atoms. The molecule has 0 spiro atoms.